The zero-order valence-electron chi connectivity index (χ0n) is 12.6. The van der Waals surface area contributed by atoms with Crippen molar-refractivity contribution in [2.75, 3.05) is 13.7 Å². The topological polar surface area (TPSA) is 44.8 Å². The first-order valence-corrected chi connectivity index (χ1v) is 12.9. The molecule has 0 aromatic carbocycles. The molecule has 0 aliphatic heterocycles. The predicted octanol–water partition coefficient (Wildman–Crippen LogP) is 3.14. The number of ether oxygens (including phenoxy) is 1. The van der Waals surface area contributed by atoms with Crippen LogP contribution in [-0.2, 0) is 18.4 Å². The number of esters is 1. The van der Waals surface area contributed by atoms with Gasteiger partial charge in [0.15, 0.2) is 8.32 Å². The van der Waals surface area contributed by atoms with Crippen molar-refractivity contribution >= 4 is 22.6 Å². The summed E-state index contributed by atoms with van der Waals surface area (Å²) in [5.74, 6) is 0.488. The fourth-order valence-corrected chi connectivity index (χ4v) is 2.60. The Bertz CT molecular complexity index is 300. The lowest BCUT2D eigenvalue weighted by Gasteiger charge is -2.25. The molecule has 18 heavy (non-hydrogen) atoms. The van der Waals surface area contributed by atoms with Gasteiger partial charge >= 0.3 is 5.97 Å². The van der Waals surface area contributed by atoms with Crippen LogP contribution < -0.4 is 0 Å². The third kappa shape index (κ3) is 10.6. The molecule has 0 aromatic heterocycles. The van der Waals surface area contributed by atoms with Gasteiger partial charge in [0.1, 0.15) is 5.76 Å². The Hall–Kier alpha value is -0.596. The number of carbonyl (C=O) groups is 1. The third-order valence-corrected chi connectivity index (χ3v) is 3.69. The largest absolute Gasteiger partial charge is 0.546 e. The van der Waals surface area contributed by atoms with Gasteiger partial charge in [0.25, 0.3) is 0 Å². The molecule has 0 unspecified atom stereocenters. The van der Waals surface area contributed by atoms with Crippen molar-refractivity contribution in [1.82, 2.24) is 0 Å². The summed E-state index contributed by atoms with van der Waals surface area (Å²) in [6, 6.07) is 0. The Kier molecular flexibility index (Phi) is 6.87. The Balaban J connectivity index is 4.57. The monoisotopic (exact) mass is 290 g/mol. The minimum absolute atomic E-state index is 0.228. The van der Waals surface area contributed by atoms with Crippen LogP contribution in [-0.4, -0.2) is 36.3 Å². The number of methoxy groups -OCH3 is 1. The molecule has 0 N–H and O–H groups in total. The van der Waals surface area contributed by atoms with Crippen LogP contribution in [0.5, 0.6) is 0 Å². The zero-order chi connectivity index (χ0) is 14.4. The molecular formula is C12H26O4Si2. The summed E-state index contributed by atoms with van der Waals surface area (Å²) >= 11 is 0. The van der Waals surface area contributed by atoms with Crippen LogP contribution in [0.25, 0.3) is 0 Å². The second kappa shape index (κ2) is 7.11. The molecule has 0 radical (unpaired) electrons. The first-order valence-electron chi connectivity index (χ1n) is 6.12. The summed E-state index contributed by atoms with van der Waals surface area (Å²) in [7, 11) is -1.88. The van der Waals surface area contributed by atoms with E-state index in [1.807, 2.05) is 0 Å². The quantitative estimate of drug-likeness (QED) is 0.410. The van der Waals surface area contributed by atoms with Gasteiger partial charge in [-0.1, -0.05) is 0 Å². The zero-order valence-corrected chi connectivity index (χ0v) is 14.6. The Morgan fingerprint density at radius 2 is 1.61 bits per heavy atom. The van der Waals surface area contributed by atoms with E-state index in [1.54, 1.807) is 6.08 Å². The molecule has 0 bridgehead atoms. The molecule has 0 aliphatic carbocycles. The lowest BCUT2D eigenvalue weighted by molar-refractivity contribution is -0.139. The molecule has 0 atom stereocenters. The van der Waals surface area contributed by atoms with E-state index >= 15 is 0 Å². The number of carbonyl (C=O) groups excluding carboxylic acids is 1. The fourth-order valence-electron chi connectivity index (χ4n) is 1.09. The van der Waals surface area contributed by atoms with Gasteiger partial charge in [-0.05, 0) is 45.4 Å². The molecule has 0 heterocycles. The summed E-state index contributed by atoms with van der Waals surface area (Å²) < 4.78 is 16.4. The van der Waals surface area contributed by atoms with Gasteiger partial charge in [-0.15, -0.1) is 0 Å². The summed E-state index contributed by atoms with van der Waals surface area (Å²) in [5.41, 5.74) is 0. The van der Waals surface area contributed by atoms with Crippen LogP contribution in [0.4, 0.5) is 0 Å². The van der Waals surface area contributed by atoms with Crippen molar-refractivity contribution in [3.63, 3.8) is 0 Å². The van der Waals surface area contributed by atoms with Crippen molar-refractivity contribution < 1.29 is 18.4 Å². The molecule has 0 spiro atoms. The molecule has 6 heteroatoms. The normalized spacial score (nSPS) is 13.4. The maximum atomic E-state index is 11.1. The van der Waals surface area contributed by atoms with Crippen LogP contribution in [0.3, 0.4) is 0 Å². The number of rotatable bonds is 7. The Morgan fingerprint density at radius 3 is 2.00 bits per heavy atom. The Labute approximate surface area is 113 Å². The highest BCUT2D eigenvalue weighted by Crippen LogP contribution is 2.14. The van der Waals surface area contributed by atoms with E-state index in [0.29, 0.717) is 6.61 Å². The minimum Gasteiger partial charge on any atom is -0.546 e. The van der Waals surface area contributed by atoms with Crippen LogP contribution >= 0.6 is 0 Å². The number of hydrogen-bond donors (Lipinski definition) is 0. The molecule has 4 nitrogen and oxygen atoms in total. The summed E-state index contributed by atoms with van der Waals surface area (Å²) in [6.45, 7) is 13.1. The van der Waals surface area contributed by atoms with Crippen LogP contribution in [0.1, 0.15) is 6.42 Å². The van der Waals surface area contributed by atoms with Gasteiger partial charge in [0.05, 0.1) is 20.1 Å². The van der Waals surface area contributed by atoms with Crippen molar-refractivity contribution in [3.05, 3.63) is 11.8 Å². The average Bonchev–Trinajstić information content (AvgIpc) is 2.18. The summed E-state index contributed by atoms with van der Waals surface area (Å²) in [4.78, 5) is 11.1. The van der Waals surface area contributed by atoms with Crippen molar-refractivity contribution in [2.24, 2.45) is 0 Å². The van der Waals surface area contributed by atoms with Crippen molar-refractivity contribution in [1.29, 1.82) is 0 Å². The smallest absolute Gasteiger partial charge is 0.309 e. The van der Waals surface area contributed by atoms with Gasteiger partial charge in [-0.2, -0.15) is 0 Å². The third-order valence-electron chi connectivity index (χ3n) is 1.81. The lowest BCUT2D eigenvalue weighted by atomic mass is 10.3. The van der Waals surface area contributed by atoms with Gasteiger partial charge in [0, 0.05) is 0 Å². The first-order chi connectivity index (χ1) is 8.03. The highest BCUT2D eigenvalue weighted by atomic mass is 28.4. The van der Waals surface area contributed by atoms with E-state index < -0.39 is 16.6 Å². The second-order valence-corrected chi connectivity index (χ2v) is 15.0. The second-order valence-electron chi connectivity index (χ2n) is 6.07. The maximum absolute atomic E-state index is 11.1. The standard InChI is InChI=1S/C12H26O4Si2/c1-14-12(13)9-8-11(16-18(5,6)7)10-15-17(2,3)4/h8H,9-10H2,1-7H3. The summed E-state index contributed by atoms with van der Waals surface area (Å²) in [5, 5.41) is 0. The SMILES string of the molecule is COC(=O)CC=C(CO[Si](C)(C)C)O[Si](C)(C)C. The van der Waals surface area contributed by atoms with Crippen molar-refractivity contribution in [2.45, 2.75) is 45.7 Å². The van der Waals surface area contributed by atoms with E-state index in [0.717, 1.165) is 5.76 Å². The van der Waals surface area contributed by atoms with E-state index in [9.17, 15) is 4.79 Å². The highest BCUT2D eigenvalue weighted by molar-refractivity contribution is 6.70. The fraction of sp³-hybridized carbons (Fsp3) is 0.750. The molecule has 0 aliphatic rings. The molecule has 0 aromatic rings. The van der Waals surface area contributed by atoms with E-state index in [2.05, 4.69) is 44.0 Å². The lowest BCUT2D eigenvalue weighted by Crippen LogP contribution is -2.30. The van der Waals surface area contributed by atoms with E-state index in [1.165, 1.54) is 7.11 Å². The van der Waals surface area contributed by atoms with Crippen LogP contribution in [0.2, 0.25) is 39.3 Å². The minimum atomic E-state index is -1.68. The summed E-state index contributed by atoms with van der Waals surface area (Å²) in [6.07, 6.45) is 2.00. The molecule has 0 amide bonds. The molecule has 0 rings (SSSR count). The molecular weight excluding hydrogens is 264 g/mol. The van der Waals surface area contributed by atoms with Crippen molar-refractivity contribution in [3.8, 4) is 0 Å². The van der Waals surface area contributed by atoms with Gasteiger partial charge in [-0.25, -0.2) is 0 Å². The molecule has 0 fully saturated rings. The Morgan fingerprint density at radius 1 is 1.06 bits per heavy atom. The van der Waals surface area contributed by atoms with Gasteiger partial charge < -0.3 is 13.6 Å². The van der Waals surface area contributed by atoms with Gasteiger partial charge in [0.2, 0.25) is 8.32 Å². The first kappa shape index (κ1) is 17.4. The van der Waals surface area contributed by atoms with Crippen LogP contribution in [0, 0.1) is 0 Å². The van der Waals surface area contributed by atoms with Crippen LogP contribution in [0.15, 0.2) is 11.8 Å². The molecule has 0 saturated heterocycles. The highest BCUT2D eigenvalue weighted by Gasteiger charge is 2.20. The molecule has 106 valence electrons. The van der Waals surface area contributed by atoms with E-state index in [4.69, 9.17) is 8.85 Å². The maximum Gasteiger partial charge on any atom is 0.309 e. The molecule has 0 saturated carbocycles. The van der Waals surface area contributed by atoms with E-state index in [-0.39, 0.29) is 12.4 Å². The van der Waals surface area contributed by atoms with Gasteiger partial charge in [-0.3, -0.25) is 4.79 Å². The average molecular weight is 291 g/mol. The predicted molar refractivity (Wildman–Crippen MR) is 78.4 cm³/mol. The number of hydrogen-bond acceptors (Lipinski definition) is 4.